The molecule has 1 N–H and O–H groups in total. The molecule has 0 bridgehead atoms. The first-order valence-corrected chi connectivity index (χ1v) is 12.7. The smallest absolute Gasteiger partial charge is 0.322 e. The molecule has 1 aromatic heterocycles. The van der Waals surface area contributed by atoms with Crippen LogP contribution in [-0.2, 0) is 30.9 Å². The van der Waals surface area contributed by atoms with Gasteiger partial charge >= 0.3 is 6.01 Å². The van der Waals surface area contributed by atoms with Crippen molar-refractivity contribution in [2.45, 2.75) is 35.3 Å². The number of anilines is 1. The van der Waals surface area contributed by atoms with Crippen molar-refractivity contribution < 1.29 is 26.0 Å². The van der Waals surface area contributed by atoms with Gasteiger partial charge in [-0.25, -0.2) is 16.8 Å². The van der Waals surface area contributed by atoms with Gasteiger partial charge in [0, 0.05) is 11.8 Å². The molecule has 1 heterocycles. The maximum absolute atomic E-state index is 12.4. The molecule has 0 aliphatic rings. The molecule has 0 atom stereocenters. The van der Waals surface area contributed by atoms with Gasteiger partial charge in [0.05, 0.1) is 21.5 Å². The van der Waals surface area contributed by atoms with Crippen LogP contribution >= 0.6 is 0 Å². The zero-order chi connectivity index (χ0) is 22.8. The SMILES string of the molecule is CC(C)S(=O)(=O)c1cccc(-c2nnc(NC(=O)Cc3ccc(S(C)(=O)=O)cc3)o2)c1. The van der Waals surface area contributed by atoms with E-state index in [9.17, 15) is 21.6 Å². The zero-order valence-electron chi connectivity index (χ0n) is 17.1. The summed E-state index contributed by atoms with van der Waals surface area (Å²) in [6, 6.07) is 12.0. The third-order valence-corrected chi connectivity index (χ3v) is 7.70. The number of carbonyl (C=O) groups is 1. The predicted molar refractivity (Wildman–Crippen MR) is 114 cm³/mol. The number of benzene rings is 2. The highest BCUT2D eigenvalue weighted by atomic mass is 32.2. The van der Waals surface area contributed by atoms with Crippen molar-refractivity contribution in [1.82, 2.24) is 10.2 Å². The van der Waals surface area contributed by atoms with Gasteiger partial charge in [0.25, 0.3) is 0 Å². The minimum Gasteiger partial charge on any atom is -0.403 e. The van der Waals surface area contributed by atoms with E-state index in [1.807, 2.05) is 0 Å². The molecular formula is C20H21N3O6S2. The number of rotatable bonds is 7. The normalized spacial score (nSPS) is 12.1. The summed E-state index contributed by atoms with van der Waals surface area (Å²) in [5.74, 6) is -0.368. The lowest BCUT2D eigenvalue weighted by molar-refractivity contribution is -0.115. The van der Waals surface area contributed by atoms with E-state index in [1.165, 1.54) is 24.3 Å². The molecule has 31 heavy (non-hydrogen) atoms. The molecule has 0 aliphatic carbocycles. The van der Waals surface area contributed by atoms with Crippen molar-refractivity contribution in [3.8, 4) is 11.5 Å². The van der Waals surface area contributed by atoms with Crippen molar-refractivity contribution in [2.75, 3.05) is 11.6 Å². The number of aromatic nitrogens is 2. The molecule has 0 saturated carbocycles. The quantitative estimate of drug-likeness (QED) is 0.564. The Balaban J connectivity index is 1.71. The topological polar surface area (TPSA) is 136 Å². The summed E-state index contributed by atoms with van der Waals surface area (Å²) in [4.78, 5) is 12.5. The van der Waals surface area contributed by atoms with Crippen molar-refractivity contribution >= 4 is 31.6 Å². The summed E-state index contributed by atoms with van der Waals surface area (Å²) in [7, 11) is -6.77. The number of nitrogens with one attached hydrogen (secondary N) is 1. The molecule has 0 saturated heterocycles. The van der Waals surface area contributed by atoms with E-state index < -0.39 is 30.8 Å². The Bertz CT molecular complexity index is 1310. The lowest BCUT2D eigenvalue weighted by Crippen LogP contribution is -2.14. The van der Waals surface area contributed by atoms with E-state index >= 15 is 0 Å². The van der Waals surface area contributed by atoms with E-state index in [1.54, 1.807) is 38.1 Å². The largest absolute Gasteiger partial charge is 0.403 e. The summed E-state index contributed by atoms with van der Waals surface area (Å²) in [6.07, 6.45) is 1.08. The standard InChI is InChI=1S/C20H21N3O6S2/c1-13(2)31(27,28)17-6-4-5-15(12-17)19-22-23-20(29-19)21-18(24)11-14-7-9-16(10-8-14)30(3,25)26/h4-10,12-13H,11H2,1-3H3,(H,21,23,24). The lowest BCUT2D eigenvalue weighted by Gasteiger charge is -2.08. The predicted octanol–water partition coefficient (Wildman–Crippen LogP) is 2.50. The molecule has 11 heteroatoms. The third-order valence-electron chi connectivity index (χ3n) is 4.42. The Hall–Kier alpha value is -3.05. The average Bonchev–Trinajstić information content (AvgIpc) is 3.16. The average molecular weight is 464 g/mol. The second-order valence-corrected chi connectivity index (χ2v) is 11.7. The Morgan fingerprint density at radius 2 is 1.68 bits per heavy atom. The van der Waals surface area contributed by atoms with Gasteiger partial charge in [-0.05, 0) is 49.7 Å². The number of carbonyl (C=O) groups excluding carboxylic acids is 1. The number of nitrogens with zero attached hydrogens (tertiary/aromatic N) is 2. The monoisotopic (exact) mass is 463 g/mol. The van der Waals surface area contributed by atoms with Gasteiger partial charge in [-0.3, -0.25) is 10.1 Å². The second-order valence-electron chi connectivity index (χ2n) is 7.18. The van der Waals surface area contributed by atoms with Gasteiger partial charge < -0.3 is 4.42 Å². The van der Waals surface area contributed by atoms with Gasteiger partial charge in [-0.1, -0.05) is 23.3 Å². The van der Waals surface area contributed by atoms with Crippen molar-refractivity contribution in [3.05, 3.63) is 54.1 Å². The van der Waals surface area contributed by atoms with E-state index in [0.29, 0.717) is 11.1 Å². The maximum Gasteiger partial charge on any atom is 0.322 e. The van der Waals surface area contributed by atoms with Crippen LogP contribution in [0.1, 0.15) is 19.4 Å². The fraction of sp³-hybridized carbons (Fsp3) is 0.250. The molecule has 0 fully saturated rings. The van der Waals surface area contributed by atoms with Gasteiger partial charge in [0.1, 0.15) is 0 Å². The summed E-state index contributed by atoms with van der Waals surface area (Å²) in [6.45, 7) is 3.19. The van der Waals surface area contributed by atoms with Crippen LogP contribution in [0.25, 0.3) is 11.5 Å². The first-order chi connectivity index (χ1) is 14.5. The van der Waals surface area contributed by atoms with Crippen LogP contribution in [0.5, 0.6) is 0 Å². The second kappa shape index (κ2) is 8.60. The molecule has 0 unspecified atom stereocenters. The van der Waals surface area contributed by atoms with Crippen molar-refractivity contribution in [3.63, 3.8) is 0 Å². The molecular weight excluding hydrogens is 442 g/mol. The van der Waals surface area contributed by atoms with Gasteiger partial charge in [-0.15, -0.1) is 5.10 Å². The number of hydrogen-bond donors (Lipinski definition) is 1. The van der Waals surface area contributed by atoms with Gasteiger partial charge in [0.15, 0.2) is 19.7 Å². The molecule has 2 aromatic carbocycles. The molecule has 0 spiro atoms. The van der Waals surface area contributed by atoms with E-state index in [2.05, 4.69) is 15.5 Å². The van der Waals surface area contributed by atoms with Gasteiger partial charge in [0.2, 0.25) is 11.8 Å². The molecule has 0 radical (unpaired) electrons. The molecule has 3 rings (SSSR count). The number of amides is 1. The molecule has 164 valence electrons. The Morgan fingerprint density at radius 3 is 2.29 bits per heavy atom. The first kappa shape index (κ1) is 22.6. The summed E-state index contributed by atoms with van der Waals surface area (Å²) < 4.78 is 53.2. The highest BCUT2D eigenvalue weighted by Crippen LogP contribution is 2.25. The lowest BCUT2D eigenvalue weighted by atomic mass is 10.1. The number of hydrogen-bond acceptors (Lipinski definition) is 8. The Morgan fingerprint density at radius 1 is 1.00 bits per heavy atom. The summed E-state index contributed by atoms with van der Waals surface area (Å²) >= 11 is 0. The highest BCUT2D eigenvalue weighted by molar-refractivity contribution is 7.92. The Kier molecular flexibility index (Phi) is 6.27. The number of sulfone groups is 2. The van der Waals surface area contributed by atoms with Crippen LogP contribution in [0.3, 0.4) is 0 Å². The third kappa shape index (κ3) is 5.36. The fourth-order valence-electron chi connectivity index (χ4n) is 2.67. The molecule has 3 aromatic rings. The fourth-order valence-corrected chi connectivity index (χ4v) is 4.41. The van der Waals surface area contributed by atoms with E-state index in [4.69, 9.17) is 4.42 Å². The van der Waals surface area contributed by atoms with Crippen LogP contribution in [0.15, 0.2) is 62.7 Å². The molecule has 0 aliphatic heterocycles. The van der Waals surface area contributed by atoms with Crippen LogP contribution in [0.2, 0.25) is 0 Å². The first-order valence-electron chi connectivity index (χ1n) is 9.23. The van der Waals surface area contributed by atoms with Crippen LogP contribution in [0, 0.1) is 0 Å². The summed E-state index contributed by atoms with van der Waals surface area (Å²) in [5.41, 5.74) is 1.02. The highest BCUT2D eigenvalue weighted by Gasteiger charge is 2.20. The summed E-state index contributed by atoms with van der Waals surface area (Å²) in [5, 5.41) is 9.53. The van der Waals surface area contributed by atoms with E-state index in [-0.39, 0.29) is 28.1 Å². The van der Waals surface area contributed by atoms with Crippen molar-refractivity contribution in [1.29, 1.82) is 0 Å². The zero-order valence-corrected chi connectivity index (χ0v) is 18.7. The van der Waals surface area contributed by atoms with E-state index in [0.717, 1.165) is 6.26 Å². The Labute approximate surface area is 180 Å². The van der Waals surface area contributed by atoms with Crippen molar-refractivity contribution in [2.24, 2.45) is 0 Å². The molecule has 9 nitrogen and oxygen atoms in total. The minimum absolute atomic E-state index is 0.0239. The van der Waals surface area contributed by atoms with Crippen LogP contribution in [-0.4, -0.2) is 44.4 Å². The van der Waals surface area contributed by atoms with Gasteiger partial charge in [-0.2, -0.15) is 0 Å². The minimum atomic E-state index is -3.46. The van der Waals surface area contributed by atoms with Crippen LogP contribution < -0.4 is 5.32 Å². The van der Waals surface area contributed by atoms with Crippen LogP contribution in [0.4, 0.5) is 6.01 Å². The molecule has 1 amide bonds. The maximum atomic E-state index is 12.4.